The molecule has 0 spiro atoms. The van der Waals surface area contributed by atoms with E-state index in [1.807, 2.05) is 6.92 Å². The molecule has 0 aromatic carbocycles. The molecule has 166 valence electrons. The van der Waals surface area contributed by atoms with E-state index in [1.165, 1.54) is 12.3 Å². The average Bonchev–Trinajstić information content (AvgIpc) is 3.11. The molecular weight excluding hydrogens is 442 g/mol. The second-order valence-corrected chi connectivity index (χ2v) is 7.04. The number of pyridine rings is 2. The van der Waals surface area contributed by atoms with Crippen molar-refractivity contribution in [2.75, 3.05) is 13.2 Å². The van der Waals surface area contributed by atoms with Gasteiger partial charge in [0.1, 0.15) is 5.02 Å². The molecule has 0 radical (unpaired) electrons. The lowest BCUT2D eigenvalue weighted by atomic mass is 10.2. The maximum Gasteiger partial charge on any atom is 0.340 e. The van der Waals surface area contributed by atoms with Gasteiger partial charge < -0.3 is 10.1 Å². The first kappa shape index (κ1) is 22.7. The summed E-state index contributed by atoms with van der Waals surface area (Å²) in [5, 5.41) is 7.75. The fourth-order valence-corrected chi connectivity index (χ4v) is 3.00. The van der Waals surface area contributed by atoms with Crippen LogP contribution in [0.5, 0.6) is 5.88 Å². The van der Waals surface area contributed by atoms with Gasteiger partial charge in [0.05, 0.1) is 24.2 Å². The van der Waals surface area contributed by atoms with E-state index in [-0.39, 0.29) is 29.8 Å². The standard InChI is InChI=1S/C19H18ClF4N5O2/c1-2-25-16(30)6-15-12-9-29(28-14(12)3-4-26-15)8-11-5-13(20)17(27-7-11)31-10-19(23,24)18(21)22/h3-5,7,9,18H,2,6,8,10H2,1H3,(H,25,30). The maximum atomic E-state index is 13.0. The molecule has 0 saturated carbocycles. The molecule has 7 nitrogen and oxygen atoms in total. The summed E-state index contributed by atoms with van der Waals surface area (Å²) < 4.78 is 56.7. The Hall–Kier alpha value is -2.95. The molecule has 0 bridgehead atoms. The van der Waals surface area contributed by atoms with Crippen LogP contribution in [0, 0.1) is 0 Å². The van der Waals surface area contributed by atoms with E-state index in [0.29, 0.717) is 28.7 Å². The summed E-state index contributed by atoms with van der Waals surface area (Å²) in [5.74, 6) is -4.83. The smallest absolute Gasteiger partial charge is 0.340 e. The van der Waals surface area contributed by atoms with Crippen molar-refractivity contribution in [1.82, 2.24) is 25.1 Å². The van der Waals surface area contributed by atoms with Crippen molar-refractivity contribution in [2.24, 2.45) is 0 Å². The minimum absolute atomic E-state index is 0.0992. The van der Waals surface area contributed by atoms with Gasteiger partial charge in [-0.2, -0.15) is 13.9 Å². The molecule has 0 fully saturated rings. The zero-order valence-electron chi connectivity index (χ0n) is 16.3. The van der Waals surface area contributed by atoms with Gasteiger partial charge in [-0.15, -0.1) is 0 Å². The number of nitrogens with one attached hydrogen (secondary N) is 1. The molecule has 3 heterocycles. The number of halogens is 5. The number of likely N-dealkylation sites (N-methyl/N-ethyl adjacent to an activating group) is 1. The first-order valence-corrected chi connectivity index (χ1v) is 9.58. The zero-order chi connectivity index (χ0) is 22.6. The van der Waals surface area contributed by atoms with Crippen molar-refractivity contribution in [3.63, 3.8) is 0 Å². The summed E-state index contributed by atoms with van der Waals surface area (Å²) in [4.78, 5) is 20.0. The first-order chi connectivity index (χ1) is 14.7. The summed E-state index contributed by atoms with van der Waals surface area (Å²) in [6.07, 6.45) is 0.861. The molecule has 1 N–H and O–H groups in total. The Bertz CT molecular complexity index is 1080. The SMILES string of the molecule is CCNC(=O)Cc1nccc2nn(Cc3cnc(OCC(F)(F)C(F)F)c(Cl)c3)cc12. The van der Waals surface area contributed by atoms with Gasteiger partial charge in [0.25, 0.3) is 0 Å². The van der Waals surface area contributed by atoms with Gasteiger partial charge in [-0.05, 0) is 24.6 Å². The van der Waals surface area contributed by atoms with Crippen LogP contribution in [-0.2, 0) is 17.8 Å². The lowest BCUT2D eigenvalue weighted by molar-refractivity contribution is -0.148. The Labute approximate surface area is 179 Å². The number of carbonyl (C=O) groups excluding carboxylic acids is 1. The number of fused-ring (bicyclic) bond motifs is 1. The van der Waals surface area contributed by atoms with E-state index in [2.05, 4.69) is 25.1 Å². The molecule has 0 aliphatic rings. The normalized spacial score (nSPS) is 11.8. The molecule has 12 heteroatoms. The Kier molecular flexibility index (Phi) is 6.94. The van der Waals surface area contributed by atoms with Crippen LogP contribution in [0.15, 0.2) is 30.7 Å². The van der Waals surface area contributed by atoms with Crippen molar-refractivity contribution in [1.29, 1.82) is 0 Å². The van der Waals surface area contributed by atoms with Crippen molar-refractivity contribution >= 4 is 28.4 Å². The Morgan fingerprint density at radius 1 is 1.35 bits per heavy atom. The summed E-state index contributed by atoms with van der Waals surface area (Å²) in [6.45, 7) is 1.03. The van der Waals surface area contributed by atoms with Crippen LogP contribution >= 0.6 is 11.6 Å². The lowest BCUT2D eigenvalue weighted by Crippen LogP contribution is -2.34. The maximum absolute atomic E-state index is 13.0. The molecule has 1 amide bonds. The van der Waals surface area contributed by atoms with Crippen LogP contribution in [0.2, 0.25) is 5.02 Å². The van der Waals surface area contributed by atoms with Gasteiger partial charge in [-0.25, -0.2) is 13.8 Å². The van der Waals surface area contributed by atoms with Gasteiger partial charge >= 0.3 is 12.3 Å². The highest BCUT2D eigenvalue weighted by Crippen LogP contribution is 2.28. The second-order valence-electron chi connectivity index (χ2n) is 6.63. The Morgan fingerprint density at radius 3 is 2.81 bits per heavy atom. The van der Waals surface area contributed by atoms with Crippen LogP contribution in [0.1, 0.15) is 18.2 Å². The summed E-state index contributed by atoms with van der Waals surface area (Å²) in [5.41, 5.74) is 1.79. The minimum atomic E-state index is -4.31. The summed E-state index contributed by atoms with van der Waals surface area (Å²) in [6, 6.07) is 3.13. The third-order valence-corrected chi connectivity index (χ3v) is 4.47. The van der Waals surface area contributed by atoms with E-state index in [4.69, 9.17) is 11.6 Å². The number of carbonyl (C=O) groups is 1. The highest BCUT2D eigenvalue weighted by atomic mass is 35.5. The van der Waals surface area contributed by atoms with Gasteiger partial charge in [0.15, 0.2) is 6.61 Å². The van der Waals surface area contributed by atoms with Crippen LogP contribution < -0.4 is 10.1 Å². The molecule has 0 aliphatic carbocycles. The number of amides is 1. The lowest BCUT2D eigenvalue weighted by Gasteiger charge is -2.16. The monoisotopic (exact) mass is 459 g/mol. The number of ether oxygens (including phenoxy) is 1. The number of nitrogens with zero attached hydrogens (tertiary/aromatic N) is 4. The molecule has 0 saturated heterocycles. The molecule has 3 rings (SSSR count). The predicted octanol–water partition coefficient (Wildman–Crippen LogP) is 3.49. The number of rotatable bonds is 9. The van der Waals surface area contributed by atoms with Crippen LogP contribution in [0.4, 0.5) is 17.6 Å². The largest absolute Gasteiger partial charge is 0.470 e. The fourth-order valence-electron chi connectivity index (χ4n) is 2.76. The fraction of sp³-hybridized carbons (Fsp3) is 0.368. The van der Waals surface area contributed by atoms with Gasteiger partial charge in [0.2, 0.25) is 11.8 Å². The van der Waals surface area contributed by atoms with Gasteiger partial charge in [-0.1, -0.05) is 11.6 Å². The van der Waals surface area contributed by atoms with Crippen molar-refractivity contribution < 1.29 is 27.1 Å². The molecule has 3 aromatic heterocycles. The highest BCUT2D eigenvalue weighted by molar-refractivity contribution is 6.31. The third-order valence-electron chi connectivity index (χ3n) is 4.20. The van der Waals surface area contributed by atoms with Crippen molar-refractivity contribution in [3.05, 3.63) is 47.0 Å². The third kappa shape index (κ3) is 5.60. The number of alkyl halides is 4. The van der Waals surface area contributed by atoms with Crippen molar-refractivity contribution in [2.45, 2.75) is 32.2 Å². The number of aromatic nitrogens is 4. The van der Waals surface area contributed by atoms with E-state index in [0.717, 1.165) is 0 Å². The van der Waals surface area contributed by atoms with Gasteiger partial charge in [-0.3, -0.25) is 14.5 Å². The number of hydrogen-bond donors (Lipinski definition) is 1. The number of hydrogen-bond acceptors (Lipinski definition) is 5. The van der Waals surface area contributed by atoms with Crippen LogP contribution in [-0.4, -0.2) is 51.2 Å². The molecule has 0 atom stereocenters. The van der Waals surface area contributed by atoms with E-state index >= 15 is 0 Å². The van der Waals surface area contributed by atoms with Crippen molar-refractivity contribution in [3.8, 4) is 5.88 Å². The molecule has 3 aromatic rings. The molecule has 0 unspecified atom stereocenters. The quantitative estimate of drug-likeness (QED) is 0.495. The van der Waals surface area contributed by atoms with Gasteiger partial charge in [0, 0.05) is 30.5 Å². The van der Waals surface area contributed by atoms with Crippen LogP contribution in [0.3, 0.4) is 0 Å². The second kappa shape index (κ2) is 9.46. The van der Waals surface area contributed by atoms with E-state index < -0.39 is 19.0 Å². The molecular formula is C19H18ClF4N5O2. The minimum Gasteiger partial charge on any atom is -0.470 e. The topological polar surface area (TPSA) is 81.9 Å². The summed E-state index contributed by atoms with van der Waals surface area (Å²) >= 11 is 5.99. The van der Waals surface area contributed by atoms with E-state index in [9.17, 15) is 22.4 Å². The first-order valence-electron chi connectivity index (χ1n) is 9.20. The van der Waals surface area contributed by atoms with E-state index in [1.54, 1.807) is 23.1 Å². The predicted molar refractivity (Wildman–Crippen MR) is 105 cm³/mol. The average molecular weight is 460 g/mol. The Morgan fingerprint density at radius 2 is 2.13 bits per heavy atom. The zero-order valence-corrected chi connectivity index (χ0v) is 17.0. The highest BCUT2D eigenvalue weighted by Gasteiger charge is 2.42. The Balaban J connectivity index is 1.74. The summed E-state index contributed by atoms with van der Waals surface area (Å²) in [7, 11) is 0. The molecule has 31 heavy (non-hydrogen) atoms. The van der Waals surface area contributed by atoms with Crippen LogP contribution in [0.25, 0.3) is 10.9 Å². The molecule has 0 aliphatic heterocycles.